The van der Waals surface area contributed by atoms with Crippen LogP contribution in [0, 0.1) is 6.92 Å². The lowest BCUT2D eigenvalue weighted by Crippen LogP contribution is -2.31. The van der Waals surface area contributed by atoms with Crippen molar-refractivity contribution in [2.45, 2.75) is 51.6 Å². The van der Waals surface area contributed by atoms with Crippen molar-refractivity contribution in [3.05, 3.63) is 35.4 Å². The maximum absolute atomic E-state index is 3.49. The van der Waals surface area contributed by atoms with Gasteiger partial charge < -0.3 is 10.2 Å². The van der Waals surface area contributed by atoms with Crippen molar-refractivity contribution < 1.29 is 0 Å². The van der Waals surface area contributed by atoms with E-state index in [1.807, 2.05) is 0 Å². The lowest BCUT2D eigenvalue weighted by atomic mass is 9.98. The van der Waals surface area contributed by atoms with Gasteiger partial charge in [-0.1, -0.05) is 31.2 Å². The van der Waals surface area contributed by atoms with E-state index >= 15 is 0 Å². The summed E-state index contributed by atoms with van der Waals surface area (Å²) in [6, 6.07) is 10.1. The summed E-state index contributed by atoms with van der Waals surface area (Å²) in [7, 11) is 2.08. The number of aryl methyl sites for hydroxylation is 1. The average molecular weight is 260 g/mol. The Kier molecular flexibility index (Phi) is 5.41. The van der Waals surface area contributed by atoms with E-state index in [0.29, 0.717) is 6.04 Å². The Morgan fingerprint density at radius 1 is 1.26 bits per heavy atom. The van der Waals surface area contributed by atoms with Crippen LogP contribution in [0.4, 0.5) is 0 Å². The highest BCUT2D eigenvalue weighted by Crippen LogP contribution is 2.28. The molecule has 1 unspecified atom stereocenters. The smallest absolute Gasteiger partial charge is 0.0332 e. The third-order valence-corrected chi connectivity index (χ3v) is 4.19. The first-order valence-electron chi connectivity index (χ1n) is 7.73. The first-order chi connectivity index (χ1) is 9.26. The lowest BCUT2D eigenvalue weighted by molar-refractivity contribution is 0.249. The summed E-state index contributed by atoms with van der Waals surface area (Å²) < 4.78 is 0. The molecule has 1 N–H and O–H groups in total. The summed E-state index contributed by atoms with van der Waals surface area (Å²) >= 11 is 0. The summed E-state index contributed by atoms with van der Waals surface area (Å²) in [6.07, 6.45) is 5.30. The molecule has 0 radical (unpaired) electrons. The number of benzene rings is 1. The maximum Gasteiger partial charge on any atom is 0.0332 e. The molecule has 2 nitrogen and oxygen atoms in total. The fourth-order valence-electron chi connectivity index (χ4n) is 2.93. The number of rotatable bonds is 8. The van der Waals surface area contributed by atoms with Crippen LogP contribution < -0.4 is 5.32 Å². The van der Waals surface area contributed by atoms with Crippen molar-refractivity contribution in [3.63, 3.8) is 0 Å². The summed E-state index contributed by atoms with van der Waals surface area (Å²) in [6.45, 7) is 6.98. The van der Waals surface area contributed by atoms with Gasteiger partial charge in [0.25, 0.3) is 0 Å². The summed E-state index contributed by atoms with van der Waals surface area (Å²) in [5, 5.41) is 3.49. The maximum atomic E-state index is 3.49. The molecule has 0 spiro atoms. The minimum absolute atomic E-state index is 0.485. The predicted octanol–water partition coefficient (Wildman–Crippen LogP) is 3.52. The Balaban J connectivity index is 1.93. The van der Waals surface area contributed by atoms with Crippen molar-refractivity contribution in [1.82, 2.24) is 10.2 Å². The molecule has 1 aliphatic carbocycles. The van der Waals surface area contributed by atoms with Crippen LogP contribution >= 0.6 is 0 Å². The van der Waals surface area contributed by atoms with Gasteiger partial charge in [0.1, 0.15) is 0 Å². The Morgan fingerprint density at radius 3 is 2.58 bits per heavy atom. The van der Waals surface area contributed by atoms with Gasteiger partial charge in [0.15, 0.2) is 0 Å². The molecular formula is C17H28N2. The molecular weight excluding hydrogens is 232 g/mol. The minimum atomic E-state index is 0.485. The van der Waals surface area contributed by atoms with E-state index in [2.05, 4.69) is 55.4 Å². The average Bonchev–Trinajstić information content (AvgIpc) is 3.24. The van der Waals surface area contributed by atoms with Gasteiger partial charge in [0.05, 0.1) is 0 Å². The molecule has 0 aliphatic heterocycles. The van der Waals surface area contributed by atoms with Gasteiger partial charge in [-0.05, 0) is 57.3 Å². The third-order valence-electron chi connectivity index (χ3n) is 4.19. The van der Waals surface area contributed by atoms with E-state index < -0.39 is 0 Å². The molecule has 1 aromatic rings. The molecule has 2 rings (SSSR count). The van der Waals surface area contributed by atoms with E-state index in [9.17, 15) is 0 Å². The van der Waals surface area contributed by atoms with Gasteiger partial charge in [0, 0.05) is 18.6 Å². The SMILES string of the molecule is CCCN(CCC(NC)c1ccccc1C)C1CC1. The highest BCUT2D eigenvalue weighted by atomic mass is 15.2. The van der Waals surface area contributed by atoms with Crippen molar-refractivity contribution in [1.29, 1.82) is 0 Å². The van der Waals surface area contributed by atoms with E-state index in [-0.39, 0.29) is 0 Å². The third kappa shape index (κ3) is 4.05. The van der Waals surface area contributed by atoms with Crippen LogP contribution in [0.1, 0.15) is 49.8 Å². The van der Waals surface area contributed by atoms with Gasteiger partial charge in [-0.2, -0.15) is 0 Å². The molecule has 1 aliphatic rings. The van der Waals surface area contributed by atoms with Crippen molar-refractivity contribution in [2.75, 3.05) is 20.1 Å². The monoisotopic (exact) mass is 260 g/mol. The Hall–Kier alpha value is -0.860. The minimum Gasteiger partial charge on any atom is -0.313 e. The first kappa shape index (κ1) is 14.5. The molecule has 1 saturated carbocycles. The molecule has 1 aromatic carbocycles. The molecule has 0 saturated heterocycles. The zero-order chi connectivity index (χ0) is 13.7. The molecule has 106 valence electrons. The van der Waals surface area contributed by atoms with Gasteiger partial charge in [-0.3, -0.25) is 0 Å². The molecule has 2 heteroatoms. The van der Waals surface area contributed by atoms with Crippen LogP contribution in [0.3, 0.4) is 0 Å². The Labute approximate surface area is 118 Å². The van der Waals surface area contributed by atoms with Gasteiger partial charge in [-0.15, -0.1) is 0 Å². The highest BCUT2D eigenvalue weighted by molar-refractivity contribution is 5.28. The zero-order valence-electron chi connectivity index (χ0n) is 12.7. The number of hydrogen-bond acceptors (Lipinski definition) is 2. The van der Waals surface area contributed by atoms with E-state index in [4.69, 9.17) is 0 Å². The number of nitrogens with one attached hydrogen (secondary N) is 1. The molecule has 0 amide bonds. The largest absolute Gasteiger partial charge is 0.313 e. The van der Waals surface area contributed by atoms with Crippen LogP contribution in [0.2, 0.25) is 0 Å². The van der Waals surface area contributed by atoms with Crippen LogP contribution in [0.5, 0.6) is 0 Å². The second-order valence-electron chi connectivity index (χ2n) is 5.75. The fraction of sp³-hybridized carbons (Fsp3) is 0.647. The molecule has 1 atom stereocenters. The Morgan fingerprint density at radius 2 is 2.00 bits per heavy atom. The molecule has 1 fully saturated rings. The second-order valence-corrected chi connectivity index (χ2v) is 5.75. The standard InChI is InChI=1S/C17H28N2/c1-4-12-19(15-9-10-15)13-11-17(18-3)16-8-6-5-7-14(16)2/h5-8,15,17-18H,4,9-13H2,1-3H3. The van der Waals surface area contributed by atoms with Gasteiger partial charge in [0.2, 0.25) is 0 Å². The van der Waals surface area contributed by atoms with Crippen LogP contribution in [-0.4, -0.2) is 31.1 Å². The van der Waals surface area contributed by atoms with E-state index in [0.717, 1.165) is 6.04 Å². The molecule has 0 heterocycles. The van der Waals surface area contributed by atoms with Crippen molar-refractivity contribution in [2.24, 2.45) is 0 Å². The highest BCUT2D eigenvalue weighted by Gasteiger charge is 2.28. The predicted molar refractivity (Wildman–Crippen MR) is 82.5 cm³/mol. The van der Waals surface area contributed by atoms with Crippen LogP contribution in [-0.2, 0) is 0 Å². The van der Waals surface area contributed by atoms with Gasteiger partial charge >= 0.3 is 0 Å². The Bertz CT molecular complexity index is 385. The summed E-state index contributed by atoms with van der Waals surface area (Å²) in [4.78, 5) is 2.68. The lowest BCUT2D eigenvalue weighted by Gasteiger charge is -2.25. The van der Waals surface area contributed by atoms with Crippen LogP contribution in [0.25, 0.3) is 0 Å². The molecule has 19 heavy (non-hydrogen) atoms. The van der Waals surface area contributed by atoms with E-state index in [1.54, 1.807) is 0 Å². The molecule has 0 bridgehead atoms. The van der Waals surface area contributed by atoms with E-state index in [1.165, 1.54) is 49.9 Å². The molecule has 0 aromatic heterocycles. The van der Waals surface area contributed by atoms with Crippen molar-refractivity contribution in [3.8, 4) is 0 Å². The van der Waals surface area contributed by atoms with Crippen molar-refractivity contribution >= 4 is 0 Å². The fourth-order valence-corrected chi connectivity index (χ4v) is 2.93. The van der Waals surface area contributed by atoms with Crippen LogP contribution in [0.15, 0.2) is 24.3 Å². The number of hydrogen-bond donors (Lipinski definition) is 1. The topological polar surface area (TPSA) is 15.3 Å². The quantitative estimate of drug-likeness (QED) is 0.769. The van der Waals surface area contributed by atoms with Gasteiger partial charge in [-0.25, -0.2) is 0 Å². The second kappa shape index (κ2) is 7.06. The number of nitrogens with zero attached hydrogens (tertiary/aromatic N) is 1. The zero-order valence-corrected chi connectivity index (χ0v) is 12.7. The first-order valence-corrected chi connectivity index (χ1v) is 7.73. The summed E-state index contributed by atoms with van der Waals surface area (Å²) in [5.41, 5.74) is 2.85. The normalized spacial score (nSPS) is 16.8. The summed E-state index contributed by atoms with van der Waals surface area (Å²) in [5.74, 6) is 0.